The number of hydrogen-bond donors (Lipinski definition) is 2. The van der Waals surface area contributed by atoms with Gasteiger partial charge in [-0.15, -0.1) is 0 Å². The molecule has 2 aliphatic rings. The lowest BCUT2D eigenvalue weighted by molar-refractivity contribution is 0.0594. The smallest absolute Gasteiger partial charge is 0.356 e. The lowest BCUT2D eigenvalue weighted by atomic mass is 10.2. The molecule has 3 heterocycles. The number of pyridine rings is 1. The van der Waals surface area contributed by atoms with Crippen LogP contribution >= 0.6 is 0 Å². The second-order valence-electron chi connectivity index (χ2n) is 5.34. The first-order valence-electron chi connectivity index (χ1n) is 7.01. The van der Waals surface area contributed by atoms with Gasteiger partial charge in [0.2, 0.25) is 0 Å². The molecule has 2 amide bonds. The Hall–Kier alpha value is -2.64. The molecule has 0 aromatic carbocycles. The first kappa shape index (κ1) is 14.3. The van der Waals surface area contributed by atoms with E-state index in [2.05, 4.69) is 19.9 Å². The van der Waals surface area contributed by atoms with Crippen molar-refractivity contribution in [2.24, 2.45) is 0 Å². The Labute approximate surface area is 127 Å². The molecule has 8 heteroatoms. The summed E-state index contributed by atoms with van der Waals surface area (Å²) in [5, 5.41) is 9.93. The van der Waals surface area contributed by atoms with Crippen LogP contribution in [0.5, 0.6) is 0 Å². The Morgan fingerprint density at radius 1 is 1.45 bits per heavy atom. The number of hydrogen-bond acceptors (Lipinski definition) is 6. The number of carbonyl (C=O) groups excluding carboxylic acids is 2. The minimum Gasteiger partial charge on any atom is -0.464 e. The predicted molar refractivity (Wildman–Crippen MR) is 80.6 cm³/mol. The number of nitrogens with zero attached hydrogens (tertiary/aromatic N) is 3. The quantitative estimate of drug-likeness (QED) is 0.457. The molecule has 0 spiro atoms. The first-order valence-corrected chi connectivity index (χ1v) is 7.01. The number of amidine groups is 1. The van der Waals surface area contributed by atoms with Crippen LogP contribution in [0.25, 0.3) is 0 Å². The number of anilines is 2. The number of ether oxygens (including phenoxy) is 1. The zero-order valence-corrected chi connectivity index (χ0v) is 12.4. The number of fused-ring (bicyclic) bond motifs is 4. The summed E-state index contributed by atoms with van der Waals surface area (Å²) in [5.74, 6) is -0.0363. The standard InChI is InChI=1S/C14H17N5O3/c1-8(15)16-14(21)19-9-5-6-18(7-9)11-4-3-10(13(20)22-2)17-12(11)19/h3-4,9H,5-7H2,1-2H3,(H2,15,16,21)/t9-/m0/s1. The molecule has 2 aliphatic heterocycles. The zero-order valence-electron chi connectivity index (χ0n) is 12.4. The van der Waals surface area contributed by atoms with E-state index in [1.54, 1.807) is 17.0 Å². The van der Waals surface area contributed by atoms with Crippen LogP contribution in [0.4, 0.5) is 16.3 Å². The summed E-state index contributed by atoms with van der Waals surface area (Å²) in [6.45, 7) is 3.07. The van der Waals surface area contributed by atoms with Crippen LogP contribution in [-0.4, -0.2) is 49.1 Å². The molecule has 1 aromatic heterocycles. The number of methoxy groups -OCH3 is 1. The molecule has 22 heavy (non-hydrogen) atoms. The van der Waals surface area contributed by atoms with Crippen LogP contribution in [0.15, 0.2) is 12.1 Å². The molecule has 0 radical (unpaired) electrons. The number of rotatable bonds is 1. The molecule has 1 atom stereocenters. The molecule has 1 saturated heterocycles. The van der Waals surface area contributed by atoms with Gasteiger partial charge in [-0.05, 0) is 25.5 Å². The molecular weight excluding hydrogens is 286 g/mol. The average Bonchev–Trinajstić information content (AvgIpc) is 2.90. The van der Waals surface area contributed by atoms with Gasteiger partial charge in [0, 0.05) is 13.1 Å². The molecule has 116 valence electrons. The van der Waals surface area contributed by atoms with Crippen molar-refractivity contribution < 1.29 is 14.3 Å². The van der Waals surface area contributed by atoms with Gasteiger partial charge in [-0.1, -0.05) is 0 Å². The number of carbonyl (C=O) groups is 2. The Bertz CT molecular complexity index is 660. The fraction of sp³-hybridized carbons (Fsp3) is 0.429. The number of aromatic nitrogens is 1. The van der Waals surface area contributed by atoms with Crippen molar-refractivity contribution >= 4 is 29.3 Å². The van der Waals surface area contributed by atoms with Crippen LogP contribution in [0, 0.1) is 5.41 Å². The summed E-state index contributed by atoms with van der Waals surface area (Å²) in [6, 6.07) is 2.98. The van der Waals surface area contributed by atoms with Crippen molar-refractivity contribution in [2.45, 2.75) is 19.4 Å². The van der Waals surface area contributed by atoms with Gasteiger partial charge in [0.15, 0.2) is 11.5 Å². The third kappa shape index (κ3) is 2.26. The fourth-order valence-electron chi connectivity index (χ4n) is 2.91. The monoisotopic (exact) mass is 303 g/mol. The largest absolute Gasteiger partial charge is 0.464 e. The number of esters is 1. The van der Waals surface area contributed by atoms with E-state index in [4.69, 9.17) is 5.41 Å². The normalized spacial score (nSPS) is 18.7. The van der Waals surface area contributed by atoms with E-state index < -0.39 is 12.0 Å². The van der Waals surface area contributed by atoms with Gasteiger partial charge in [0.1, 0.15) is 0 Å². The molecule has 0 unspecified atom stereocenters. The van der Waals surface area contributed by atoms with Crippen LogP contribution in [-0.2, 0) is 4.74 Å². The molecule has 2 N–H and O–H groups in total. The average molecular weight is 303 g/mol. The second kappa shape index (κ2) is 5.28. The minimum absolute atomic E-state index is 0.00718. The van der Waals surface area contributed by atoms with Gasteiger partial charge in [0.05, 0.1) is 24.7 Å². The van der Waals surface area contributed by atoms with Crippen molar-refractivity contribution in [3.8, 4) is 0 Å². The molecule has 1 aromatic rings. The van der Waals surface area contributed by atoms with Crippen LogP contribution in [0.2, 0.25) is 0 Å². The zero-order chi connectivity index (χ0) is 15.9. The van der Waals surface area contributed by atoms with Crippen LogP contribution in [0.1, 0.15) is 23.8 Å². The summed E-state index contributed by atoms with van der Waals surface area (Å²) in [6.07, 6.45) is 0.828. The van der Waals surface area contributed by atoms with Crippen LogP contribution < -0.4 is 15.1 Å². The van der Waals surface area contributed by atoms with Crippen molar-refractivity contribution in [1.82, 2.24) is 10.3 Å². The van der Waals surface area contributed by atoms with Gasteiger partial charge in [-0.3, -0.25) is 15.6 Å². The topological polar surface area (TPSA) is 98.6 Å². The maximum atomic E-state index is 12.4. The number of nitrogens with one attached hydrogen (secondary N) is 2. The second-order valence-corrected chi connectivity index (χ2v) is 5.34. The summed E-state index contributed by atoms with van der Waals surface area (Å²) in [4.78, 5) is 32.1. The fourth-order valence-corrected chi connectivity index (χ4v) is 2.91. The van der Waals surface area contributed by atoms with E-state index in [1.807, 2.05) is 0 Å². The predicted octanol–water partition coefficient (Wildman–Crippen LogP) is 0.974. The summed E-state index contributed by atoms with van der Waals surface area (Å²) in [5.41, 5.74) is 0.979. The summed E-state index contributed by atoms with van der Waals surface area (Å²) < 4.78 is 4.69. The Morgan fingerprint density at radius 2 is 2.23 bits per heavy atom. The van der Waals surface area contributed by atoms with Gasteiger partial charge in [0.25, 0.3) is 0 Å². The van der Waals surface area contributed by atoms with Crippen molar-refractivity contribution in [2.75, 3.05) is 30.0 Å². The highest BCUT2D eigenvalue weighted by atomic mass is 16.5. The number of amides is 2. The number of urea groups is 1. The SMILES string of the molecule is COC(=O)c1ccc2c(n1)N(C(=O)NC(C)=N)[C@H]1CCN2C1. The molecular formula is C14H17N5O3. The van der Waals surface area contributed by atoms with Crippen molar-refractivity contribution in [1.29, 1.82) is 5.41 Å². The van der Waals surface area contributed by atoms with Crippen molar-refractivity contribution in [3.05, 3.63) is 17.8 Å². The van der Waals surface area contributed by atoms with Gasteiger partial charge in [-0.25, -0.2) is 14.6 Å². The molecule has 1 fully saturated rings. The molecule has 0 aliphatic carbocycles. The van der Waals surface area contributed by atoms with E-state index in [0.717, 1.165) is 25.2 Å². The Morgan fingerprint density at radius 3 is 2.91 bits per heavy atom. The molecule has 0 saturated carbocycles. The Kier molecular flexibility index (Phi) is 3.44. The van der Waals surface area contributed by atoms with E-state index in [9.17, 15) is 9.59 Å². The highest BCUT2D eigenvalue weighted by Crippen LogP contribution is 2.38. The van der Waals surface area contributed by atoms with Crippen LogP contribution in [0.3, 0.4) is 0 Å². The minimum atomic E-state index is -0.542. The lowest BCUT2D eigenvalue weighted by Gasteiger charge is -2.35. The molecule has 3 rings (SSSR count). The van der Waals surface area contributed by atoms with Crippen molar-refractivity contribution in [3.63, 3.8) is 0 Å². The summed E-state index contributed by atoms with van der Waals surface area (Å²) >= 11 is 0. The van der Waals surface area contributed by atoms with E-state index in [1.165, 1.54) is 14.0 Å². The highest BCUT2D eigenvalue weighted by Gasteiger charge is 2.40. The highest BCUT2D eigenvalue weighted by molar-refractivity contribution is 6.05. The van der Waals surface area contributed by atoms with E-state index in [0.29, 0.717) is 5.82 Å². The molecule has 2 bridgehead atoms. The third-order valence-electron chi connectivity index (χ3n) is 3.86. The third-order valence-corrected chi connectivity index (χ3v) is 3.86. The van der Waals surface area contributed by atoms with Gasteiger partial charge in [-0.2, -0.15) is 0 Å². The lowest BCUT2D eigenvalue weighted by Crippen LogP contribution is -2.51. The summed E-state index contributed by atoms with van der Waals surface area (Å²) in [7, 11) is 1.29. The van der Waals surface area contributed by atoms with E-state index in [-0.39, 0.29) is 17.6 Å². The van der Waals surface area contributed by atoms with Gasteiger partial charge >= 0.3 is 12.0 Å². The maximum Gasteiger partial charge on any atom is 0.356 e. The van der Waals surface area contributed by atoms with Gasteiger partial charge < -0.3 is 9.64 Å². The Balaban J connectivity index is 2.04. The first-order chi connectivity index (χ1) is 10.5. The maximum absolute atomic E-state index is 12.4. The van der Waals surface area contributed by atoms with E-state index >= 15 is 0 Å². The molecule has 8 nitrogen and oxygen atoms in total.